The fourth-order valence-corrected chi connectivity index (χ4v) is 3.68. The zero-order chi connectivity index (χ0) is 21.7. The summed E-state index contributed by atoms with van der Waals surface area (Å²) in [7, 11) is 0. The van der Waals surface area contributed by atoms with Crippen LogP contribution in [0, 0.1) is 0 Å². The summed E-state index contributed by atoms with van der Waals surface area (Å²) in [4.78, 5) is 27.0. The van der Waals surface area contributed by atoms with Gasteiger partial charge >= 0.3 is 0 Å². The first-order valence-corrected chi connectivity index (χ1v) is 10.8. The van der Waals surface area contributed by atoms with Crippen LogP contribution in [0.25, 0.3) is 0 Å². The van der Waals surface area contributed by atoms with Gasteiger partial charge in [0.25, 0.3) is 11.8 Å². The number of ether oxygens (including phenoxy) is 1. The summed E-state index contributed by atoms with van der Waals surface area (Å²) in [5.74, 6) is 0.953. The second kappa shape index (κ2) is 9.98. The number of piperidine rings is 1. The van der Waals surface area contributed by atoms with Crippen molar-refractivity contribution in [2.45, 2.75) is 51.7 Å². The molecule has 1 atom stereocenters. The zero-order valence-electron chi connectivity index (χ0n) is 17.7. The van der Waals surface area contributed by atoms with E-state index in [1.54, 1.807) is 36.1 Å². The van der Waals surface area contributed by atoms with Crippen molar-refractivity contribution >= 4 is 23.4 Å². The predicted octanol–water partition coefficient (Wildman–Crippen LogP) is 4.65. The molecular formula is C24H29ClN2O3. The average molecular weight is 429 g/mol. The Balaban J connectivity index is 1.47. The van der Waals surface area contributed by atoms with Crippen molar-refractivity contribution in [3.8, 4) is 5.75 Å². The summed E-state index contributed by atoms with van der Waals surface area (Å²) in [5.41, 5.74) is 1.89. The average Bonchev–Trinajstić information content (AvgIpc) is 2.75. The van der Waals surface area contributed by atoms with Crippen molar-refractivity contribution < 1.29 is 14.3 Å². The van der Waals surface area contributed by atoms with E-state index in [2.05, 4.69) is 19.2 Å². The monoisotopic (exact) mass is 428 g/mol. The van der Waals surface area contributed by atoms with Crippen molar-refractivity contribution in [1.82, 2.24) is 10.2 Å². The Hall–Kier alpha value is -2.53. The maximum atomic E-state index is 12.7. The number of nitrogens with zero attached hydrogens (tertiary/aromatic N) is 1. The van der Waals surface area contributed by atoms with E-state index in [1.165, 1.54) is 5.56 Å². The molecule has 0 saturated carbocycles. The predicted molar refractivity (Wildman–Crippen MR) is 119 cm³/mol. The molecule has 1 unspecified atom stereocenters. The molecule has 5 nitrogen and oxygen atoms in total. The molecule has 0 spiro atoms. The number of halogens is 1. The molecule has 1 aliphatic rings. The van der Waals surface area contributed by atoms with Crippen molar-refractivity contribution in [2.75, 3.05) is 13.1 Å². The van der Waals surface area contributed by atoms with Gasteiger partial charge in [0.1, 0.15) is 5.75 Å². The Labute approximate surface area is 183 Å². The molecule has 1 heterocycles. The van der Waals surface area contributed by atoms with E-state index < -0.39 is 6.10 Å². The molecule has 2 aromatic rings. The van der Waals surface area contributed by atoms with Crippen LogP contribution < -0.4 is 10.1 Å². The van der Waals surface area contributed by atoms with Gasteiger partial charge in [0, 0.05) is 29.7 Å². The van der Waals surface area contributed by atoms with Crippen molar-refractivity contribution in [3.63, 3.8) is 0 Å². The summed E-state index contributed by atoms with van der Waals surface area (Å²) >= 11 is 5.88. The molecule has 160 valence electrons. The second-order valence-corrected chi connectivity index (χ2v) is 8.50. The Bertz CT molecular complexity index is 857. The summed E-state index contributed by atoms with van der Waals surface area (Å²) in [6, 6.07) is 14.8. The van der Waals surface area contributed by atoms with E-state index in [0.29, 0.717) is 35.3 Å². The summed E-state index contributed by atoms with van der Waals surface area (Å²) in [6.07, 6.45) is 0.890. The van der Waals surface area contributed by atoms with E-state index in [1.807, 2.05) is 24.3 Å². The van der Waals surface area contributed by atoms with E-state index in [9.17, 15) is 9.59 Å². The maximum Gasteiger partial charge on any atom is 0.263 e. The fourth-order valence-electron chi connectivity index (χ4n) is 3.56. The van der Waals surface area contributed by atoms with Crippen molar-refractivity contribution in [2.24, 2.45) is 0 Å². The van der Waals surface area contributed by atoms with Gasteiger partial charge in [-0.05, 0) is 67.6 Å². The summed E-state index contributed by atoms with van der Waals surface area (Å²) < 4.78 is 5.74. The van der Waals surface area contributed by atoms with E-state index in [0.717, 1.165) is 12.8 Å². The third-order valence-corrected chi connectivity index (χ3v) is 5.71. The Morgan fingerprint density at radius 3 is 2.17 bits per heavy atom. The van der Waals surface area contributed by atoms with Crippen LogP contribution in [0.4, 0.5) is 0 Å². The maximum absolute atomic E-state index is 12.7. The second-order valence-electron chi connectivity index (χ2n) is 8.06. The van der Waals surface area contributed by atoms with E-state index >= 15 is 0 Å². The molecular weight excluding hydrogens is 400 g/mol. The van der Waals surface area contributed by atoms with E-state index in [-0.39, 0.29) is 17.9 Å². The zero-order valence-corrected chi connectivity index (χ0v) is 18.5. The number of nitrogens with one attached hydrogen (secondary N) is 1. The Kier molecular flexibility index (Phi) is 7.38. The first kappa shape index (κ1) is 22.2. The minimum atomic E-state index is -0.572. The van der Waals surface area contributed by atoms with Crippen LogP contribution in [-0.2, 0) is 4.79 Å². The van der Waals surface area contributed by atoms with Gasteiger partial charge in [-0.3, -0.25) is 9.59 Å². The number of carbonyl (C=O) groups excluding carboxylic acids is 2. The number of likely N-dealkylation sites (tertiary alicyclic amines) is 1. The molecule has 2 amide bonds. The Morgan fingerprint density at radius 1 is 1.00 bits per heavy atom. The minimum Gasteiger partial charge on any atom is -0.481 e. The smallest absolute Gasteiger partial charge is 0.263 e. The van der Waals surface area contributed by atoms with Crippen molar-refractivity contribution in [3.05, 3.63) is 64.7 Å². The third kappa shape index (κ3) is 5.76. The van der Waals surface area contributed by atoms with Crippen LogP contribution in [0.3, 0.4) is 0 Å². The van der Waals surface area contributed by atoms with Crippen LogP contribution in [0.5, 0.6) is 5.75 Å². The molecule has 0 bridgehead atoms. The quantitative estimate of drug-likeness (QED) is 0.728. The molecule has 1 aliphatic heterocycles. The van der Waals surface area contributed by atoms with Crippen LogP contribution in [0.15, 0.2) is 48.5 Å². The standard InChI is InChI=1S/C24H29ClN2O3/c1-16(2)18-4-6-19(7-5-18)23(28)26-21-12-14-27(15-13-21)24(29)17(3)30-22-10-8-20(25)9-11-22/h4-11,16-17,21H,12-15H2,1-3H3,(H,26,28). The number of carbonyl (C=O) groups is 2. The van der Waals surface area contributed by atoms with Crippen LogP contribution in [0.1, 0.15) is 55.5 Å². The SMILES string of the molecule is CC(Oc1ccc(Cl)cc1)C(=O)N1CCC(NC(=O)c2ccc(C(C)C)cc2)CC1. The summed E-state index contributed by atoms with van der Waals surface area (Å²) in [5, 5.41) is 3.72. The van der Waals surface area contributed by atoms with Gasteiger partial charge in [-0.1, -0.05) is 37.6 Å². The molecule has 2 aromatic carbocycles. The lowest BCUT2D eigenvalue weighted by Crippen LogP contribution is -2.49. The first-order chi connectivity index (χ1) is 14.3. The molecule has 3 rings (SSSR count). The largest absolute Gasteiger partial charge is 0.481 e. The molecule has 0 aromatic heterocycles. The lowest BCUT2D eigenvalue weighted by Gasteiger charge is -2.33. The fraction of sp³-hybridized carbons (Fsp3) is 0.417. The van der Waals surface area contributed by atoms with Gasteiger partial charge in [0.2, 0.25) is 0 Å². The molecule has 1 saturated heterocycles. The van der Waals surface area contributed by atoms with Gasteiger partial charge in [0.05, 0.1) is 0 Å². The molecule has 1 fully saturated rings. The summed E-state index contributed by atoms with van der Waals surface area (Å²) in [6.45, 7) is 7.22. The van der Waals surface area contributed by atoms with Gasteiger partial charge in [0.15, 0.2) is 6.10 Å². The van der Waals surface area contributed by atoms with Crippen molar-refractivity contribution in [1.29, 1.82) is 0 Å². The minimum absolute atomic E-state index is 0.0426. The number of hydrogen-bond donors (Lipinski definition) is 1. The van der Waals surface area contributed by atoms with Gasteiger partial charge in [-0.15, -0.1) is 0 Å². The number of benzene rings is 2. The lowest BCUT2D eigenvalue weighted by atomic mass is 10.0. The highest BCUT2D eigenvalue weighted by atomic mass is 35.5. The normalized spacial score (nSPS) is 15.7. The number of hydrogen-bond acceptors (Lipinski definition) is 3. The molecule has 0 radical (unpaired) electrons. The van der Waals surface area contributed by atoms with Gasteiger partial charge < -0.3 is 15.0 Å². The third-order valence-electron chi connectivity index (χ3n) is 5.46. The molecule has 1 N–H and O–H groups in total. The van der Waals surface area contributed by atoms with Gasteiger partial charge in [-0.25, -0.2) is 0 Å². The molecule has 6 heteroatoms. The molecule has 0 aliphatic carbocycles. The Morgan fingerprint density at radius 2 is 1.60 bits per heavy atom. The molecule has 30 heavy (non-hydrogen) atoms. The highest BCUT2D eigenvalue weighted by molar-refractivity contribution is 6.30. The highest BCUT2D eigenvalue weighted by Gasteiger charge is 2.28. The van der Waals surface area contributed by atoms with Crippen LogP contribution in [-0.4, -0.2) is 41.9 Å². The van der Waals surface area contributed by atoms with Gasteiger partial charge in [-0.2, -0.15) is 0 Å². The highest BCUT2D eigenvalue weighted by Crippen LogP contribution is 2.19. The first-order valence-electron chi connectivity index (χ1n) is 10.5. The lowest BCUT2D eigenvalue weighted by molar-refractivity contribution is -0.139. The topological polar surface area (TPSA) is 58.6 Å². The van der Waals surface area contributed by atoms with Crippen LogP contribution >= 0.6 is 11.6 Å². The number of amides is 2. The van der Waals surface area contributed by atoms with E-state index in [4.69, 9.17) is 16.3 Å². The number of rotatable bonds is 6. The van der Waals surface area contributed by atoms with Crippen LogP contribution in [0.2, 0.25) is 5.02 Å².